The van der Waals surface area contributed by atoms with E-state index in [0.717, 1.165) is 10.9 Å². The molecule has 0 bridgehead atoms. The zero-order valence-corrected chi connectivity index (χ0v) is 6.65. The van der Waals surface area contributed by atoms with Crippen LogP contribution in [0.15, 0.2) is 24.4 Å². The van der Waals surface area contributed by atoms with E-state index in [-0.39, 0.29) is 5.69 Å². The van der Waals surface area contributed by atoms with Crippen molar-refractivity contribution in [1.82, 2.24) is 4.98 Å². The Balaban J connectivity index is 2.77. The van der Waals surface area contributed by atoms with E-state index in [4.69, 9.17) is 7.85 Å². The number of aromatic amines is 1. The van der Waals surface area contributed by atoms with Gasteiger partial charge in [-0.05, 0) is 6.07 Å². The fourth-order valence-electron chi connectivity index (χ4n) is 1.29. The van der Waals surface area contributed by atoms with Crippen LogP contribution in [0.5, 0.6) is 0 Å². The largest absolute Gasteiger partial charge is 0.362 e. The quantitative estimate of drug-likeness (QED) is 0.394. The third kappa shape index (κ3) is 1.18. The monoisotopic (exact) mass is 172 g/mol. The van der Waals surface area contributed by atoms with Crippen molar-refractivity contribution in [3.8, 4) is 0 Å². The fourth-order valence-corrected chi connectivity index (χ4v) is 1.29. The molecular formula is C8H5BN2O2. The summed E-state index contributed by atoms with van der Waals surface area (Å²) in [6.45, 7) is 0. The third-order valence-corrected chi connectivity index (χ3v) is 1.89. The van der Waals surface area contributed by atoms with E-state index in [2.05, 4.69) is 4.98 Å². The van der Waals surface area contributed by atoms with Crippen LogP contribution in [0.3, 0.4) is 0 Å². The Morgan fingerprint density at radius 1 is 1.46 bits per heavy atom. The van der Waals surface area contributed by atoms with Gasteiger partial charge in [-0.1, -0.05) is 5.46 Å². The number of aromatic nitrogens is 1. The first-order chi connectivity index (χ1) is 6.18. The summed E-state index contributed by atoms with van der Waals surface area (Å²) in [5, 5.41) is 11.2. The van der Waals surface area contributed by atoms with Crippen LogP contribution >= 0.6 is 0 Å². The molecule has 0 fully saturated rings. The fraction of sp³-hybridized carbons (Fsp3) is 0. The summed E-state index contributed by atoms with van der Waals surface area (Å²) in [5.74, 6) is 0. The molecule has 62 valence electrons. The minimum Gasteiger partial charge on any atom is -0.362 e. The maximum atomic E-state index is 10.5. The number of nitro benzene ring substituents is 1. The molecule has 0 unspecified atom stereocenters. The lowest BCUT2D eigenvalue weighted by Gasteiger charge is -1.96. The molecule has 0 atom stereocenters. The highest BCUT2D eigenvalue weighted by Crippen LogP contribution is 2.17. The maximum Gasteiger partial charge on any atom is 0.269 e. The van der Waals surface area contributed by atoms with E-state index in [1.54, 1.807) is 12.3 Å². The molecule has 2 aromatic rings. The van der Waals surface area contributed by atoms with Gasteiger partial charge in [0.25, 0.3) is 5.69 Å². The number of non-ortho nitro benzene ring substituents is 1. The van der Waals surface area contributed by atoms with Crippen molar-refractivity contribution in [2.75, 3.05) is 0 Å². The van der Waals surface area contributed by atoms with Crippen molar-refractivity contribution in [3.63, 3.8) is 0 Å². The molecule has 0 aliphatic heterocycles. The molecule has 2 radical (unpaired) electrons. The Morgan fingerprint density at radius 2 is 2.23 bits per heavy atom. The first kappa shape index (κ1) is 7.85. The Bertz CT molecular complexity index is 478. The lowest BCUT2D eigenvalue weighted by atomic mass is 9.93. The van der Waals surface area contributed by atoms with Crippen molar-refractivity contribution in [3.05, 3.63) is 34.5 Å². The van der Waals surface area contributed by atoms with Crippen LogP contribution in [0, 0.1) is 10.1 Å². The van der Waals surface area contributed by atoms with Crippen molar-refractivity contribution < 1.29 is 4.92 Å². The number of nitrogens with one attached hydrogen (secondary N) is 1. The molecule has 0 saturated carbocycles. The van der Waals surface area contributed by atoms with Crippen LogP contribution < -0.4 is 5.46 Å². The predicted molar refractivity (Wildman–Crippen MR) is 50.3 cm³/mol. The van der Waals surface area contributed by atoms with Crippen molar-refractivity contribution >= 4 is 29.9 Å². The van der Waals surface area contributed by atoms with E-state index < -0.39 is 4.92 Å². The van der Waals surface area contributed by atoms with Gasteiger partial charge in [0.15, 0.2) is 0 Å². The number of nitrogens with zero attached hydrogens (tertiary/aromatic N) is 1. The molecule has 0 aliphatic carbocycles. The van der Waals surface area contributed by atoms with Gasteiger partial charge >= 0.3 is 0 Å². The molecule has 0 aliphatic rings. The Labute approximate surface area is 75.1 Å². The van der Waals surface area contributed by atoms with Gasteiger partial charge in [-0.2, -0.15) is 0 Å². The van der Waals surface area contributed by atoms with Gasteiger partial charge in [0.05, 0.1) is 4.92 Å². The van der Waals surface area contributed by atoms with Crippen LogP contribution in [0.4, 0.5) is 5.69 Å². The molecule has 0 spiro atoms. The van der Waals surface area contributed by atoms with Gasteiger partial charge < -0.3 is 4.98 Å². The second kappa shape index (κ2) is 2.62. The molecule has 1 heterocycles. The number of H-pyrrole nitrogens is 1. The highest BCUT2D eigenvalue weighted by molar-refractivity contribution is 6.38. The average molecular weight is 172 g/mol. The first-order valence-electron chi connectivity index (χ1n) is 3.69. The summed E-state index contributed by atoms with van der Waals surface area (Å²) in [6.07, 6.45) is 1.70. The van der Waals surface area contributed by atoms with Gasteiger partial charge in [0, 0.05) is 29.2 Å². The molecular weight excluding hydrogens is 167 g/mol. The third-order valence-electron chi connectivity index (χ3n) is 1.89. The smallest absolute Gasteiger partial charge is 0.269 e. The normalized spacial score (nSPS) is 10.5. The van der Waals surface area contributed by atoms with E-state index >= 15 is 0 Å². The highest BCUT2D eigenvalue weighted by atomic mass is 16.6. The second-order valence-electron chi connectivity index (χ2n) is 2.73. The predicted octanol–water partition coefficient (Wildman–Crippen LogP) is 0.870. The van der Waals surface area contributed by atoms with Crippen molar-refractivity contribution in [2.24, 2.45) is 0 Å². The van der Waals surface area contributed by atoms with Crippen molar-refractivity contribution in [1.29, 1.82) is 0 Å². The second-order valence-corrected chi connectivity index (χ2v) is 2.73. The average Bonchev–Trinajstić information content (AvgIpc) is 2.51. The summed E-state index contributed by atoms with van der Waals surface area (Å²) in [4.78, 5) is 12.9. The number of nitro groups is 1. The number of benzene rings is 1. The number of hydrogen-bond acceptors (Lipinski definition) is 2. The Hall–Kier alpha value is -1.78. The maximum absolute atomic E-state index is 10.5. The van der Waals surface area contributed by atoms with Gasteiger partial charge in [-0.25, -0.2) is 0 Å². The van der Waals surface area contributed by atoms with Crippen LogP contribution in [0.25, 0.3) is 10.9 Å². The molecule has 13 heavy (non-hydrogen) atoms. The standard InChI is InChI=1S/C8H5BN2O2/c9-7-4-6(11(12)13)3-5-1-2-10-8(5)7/h1-4,10H. The van der Waals surface area contributed by atoms with Gasteiger partial charge in [-0.15, -0.1) is 0 Å². The minimum atomic E-state index is -0.456. The summed E-state index contributed by atoms with van der Waals surface area (Å²) in [6, 6.07) is 4.58. The van der Waals surface area contributed by atoms with E-state index in [1.807, 2.05) is 0 Å². The van der Waals surface area contributed by atoms with E-state index in [1.165, 1.54) is 12.1 Å². The Morgan fingerprint density at radius 3 is 2.92 bits per heavy atom. The molecule has 1 N–H and O–H groups in total. The van der Waals surface area contributed by atoms with Crippen LogP contribution in [-0.2, 0) is 0 Å². The first-order valence-corrected chi connectivity index (χ1v) is 3.69. The number of rotatable bonds is 1. The molecule has 0 saturated heterocycles. The summed E-state index contributed by atoms with van der Waals surface area (Å²) in [7, 11) is 5.60. The van der Waals surface area contributed by atoms with Crippen LogP contribution in [0.1, 0.15) is 0 Å². The van der Waals surface area contributed by atoms with Gasteiger partial charge in [-0.3, -0.25) is 10.1 Å². The zero-order valence-electron chi connectivity index (χ0n) is 6.65. The molecule has 5 heteroatoms. The molecule has 1 aromatic carbocycles. The highest BCUT2D eigenvalue weighted by Gasteiger charge is 2.08. The minimum absolute atomic E-state index is 0.0181. The lowest BCUT2D eigenvalue weighted by Crippen LogP contribution is -2.05. The zero-order chi connectivity index (χ0) is 9.42. The van der Waals surface area contributed by atoms with Gasteiger partial charge in [0.1, 0.15) is 7.85 Å². The number of hydrogen-bond donors (Lipinski definition) is 1. The SMILES string of the molecule is [B]c1cc([N+](=O)[O-])cc2cc[nH]c12. The van der Waals surface area contributed by atoms with Crippen LogP contribution in [-0.4, -0.2) is 17.8 Å². The molecule has 0 amide bonds. The summed E-state index contributed by atoms with van der Waals surface area (Å²) in [5.41, 5.74) is 1.16. The summed E-state index contributed by atoms with van der Waals surface area (Å²) >= 11 is 0. The molecule has 4 nitrogen and oxygen atoms in total. The topological polar surface area (TPSA) is 58.9 Å². The van der Waals surface area contributed by atoms with Crippen LogP contribution in [0.2, 0.25) is 0 Å². The van der Waals surface area contributed by atoms with Gasteiger partial charge in [0.2, 0.25) is 0 Å². The lowest BCUT2D eigenvalue weighted by molar-refractivity contribution is -0.384. The molecule has 2 rings (SSSR count). The van der Waals surface area contributed by atoms with E-state index in [0.29, 0.717) is 5.46 Å². The van der Waals surface area contributed by atoms with E-state index in [9.17, 15) is 10.1 Å². The summed E-state index contributed by atoms with van der Waals surface area (Å²) < 4.78 is 0. The van der Waals surface area contributed by atoms with Crippen molar-refractivity contribution in [2.45, 2.75) is 0 Å². The molecule has 1 aromatic heterocycles. The number of fused-ring (bicyclic) bond motifs is 1. The Kier molecular flexibility index (Phi) is 1.58.